The summed E-state index contributed by atoms with van der Waals surface area (Å²) in [6.45, 7) is 6.77. The minimum absolute atomic E-state index is 0.148. The van der Waals surface area contributed by atoms with Crippen LogP contribution < -0.4 is 4.74 Å². The zero-order chi connectivity index (χ0) is 17.9. The van der Waals surface area contributed by atoms with Gasteiger partial charge in [-0.1, -0.05) is 13.8 Å². The molecule has 4 rings (SSSR count). The molecule has 0 amide bonds. The molecule has 3 aromatic rings. The molecule has 0 bridgehead atoms. The molecule has 2 unspecified atom stereocenters. The van der Waals surface area contributed by atoms with Crippen LogP contribution in [-0.2, 0) is 0 Å². The molecular weight excluding hydrogens is 326 g/mol. The Kier molecular flexibility index (Phi) is 4.84. The van der Waals surface area contributed by atoms with Crippen LogP contribution >= 0.6 is 0 Å². The lowest BCUT2D eigenvalue weighted by atomic mass is 10.00. The second kappa shape index (κ2) is 7.41. The Hall–Kier alpha value is -2.47. The summed E-state index contributed by atoms with van der Waals surface area (Å²) in [4.78, 5) is 2.48. The molecule has 2 aromatic heterocycles. The highest BCUT2D eigenvalue weighted by molar-refractivity contribution is 5.61. The van der Waals surface area contributed by atoms with Gasteiger partial charge in [0.15, 0.2) is 11.9 Å². The molecule has 26 heavy (non-hydrogen) atoms. The number of hydrogen-bond acceptors (Lipinski definition) is 5. The van der Waals surface area contributed by atoms with E-state index in [9.17, 15) is 0 Å². The number of ether oxygens (including phenoxy) is 1. The minimum Gasteiger partial charge on any atom is -0.475 e. The second-order valence-corrected chi connectivity index (χ2v) is 7.10. The van der Waals surface area contributed by atoms with Gasteiger partial charge in [0.1, 0.15) is 12.1 Å². The van der Waals surface area contributed by atoms with Gasteiger partial charge in [-0.15, -0.1) is 10.2 Å². The van der Waals surface area contributed by atoms with Gasteiger partial charge in [0, 0.05) is 18.7 Å². The number of hydrogen-bond donors (Lipinski definition) is 0. The van der Waals surface area contributed by atoms with Crippen LogP contribution in [0.1, 0.15) is 33.1 Å². The first kappa shape index (κ1) is 17.0. The molecule has 0 spiro atoms. The predicted molar refractivity (Wildman–Crippen MR) is 101 cm³/mol. The molecule has 6 heteroatoms. The van der Waals surface area contributed by atoms with Crippen molar-refractivity contribution >= 4 is 5.65 Å². The highest BCUT2D eigenvalue weighted by Gasteiger charge is 2.23. The number of benzene rings is 1. The smallest absolute Gasteiger partial charge is 0.177 e. The molecule has 1 aromatic carbocycles. The molecule has 0 N–H and O–H groups in total. The van der Waals surface area contributed by atoms with E-state index < -0.39 is 0 Å². The molecule has 6 nitrogen and oxygen atoms in total. The highest BCUT2D eigenvalue weighted by Crippen LogP contribution is 2.24. The summed E-state index contributed by atoms with van der Waals surface area (Å²) in [5.41, 5.74) is 2.68. The summed E-state index contributed by atoms with van der Waals surface area (Å²) in [6.07, 6.45) is 5.33. The SMILES string of the molecule is CCC(Oc1ccc(-c2ccc3nncn3n2)cc1)N1CCCC(C)C1. The Balaban J connectivity index is 1.48. The number of nitrogens with zero attached hydrogens (tertiary/aromatic N) is 5. The Morgan fingerprint density at radius 3 is 2.81 bits per heavy atom. The maximum absolute atomic E-state index is 6.28. The third-order valence-corrected chi connectivity index (χ3v) is 5.03. The van der Waals surface area contributed by atoms with Gasteiger partial charge in [0.2, 0.25) is 0 Å². The number of rotatable bonds is 5. The predicted octanol–water partition coefficient (Wildman–Crippen LogP) is 3.64. The molecule has 1 fully saturated rings. The van der Waals surface area contributed by atoms with Gasteiger partial charge in [-0.3, -0.25) is 4.90 Å². The monoisotopic (exact) mass is 351 g/mol. The van der Waals surface area contributed by atoms with Crippen molar-refractivity contribution in [2.24, 2.45) is 5.92 Å². The topological polar surface area (TPSA) is 55.6 Å². The van der Waals surface area contributed by atoms with Gasteiger partial charge in [-0.25, -0.2) is 0 Å². The highest BCUT2D eigenvalue weighted by atomic mass is 16.5. The van der Waals surface area contributed by atoms with Crippen LogP contribution in [-0.4, -0.2) is 44.0 Å². The standard InChI is InChI=1S/C20H25N5O/c1-3-20(24-12-4-5-15(2)13-24)26-17-8-6-16(7-9-17)18-10-11-19-22-21-14-25(19)23-18/h6-11,14-15,20H,3-5,12-13H2,1-2H3. The van der Waals surface area contributed by atoms with E-state index in [1.807, 2.05) is 24.3 Å². The van der Waals surface area contributed by atoms with Crippen molar-refractivity contribution in [3.8, 4) is 17.0 Å². The maximum Gasteiger partial charge on any atom is 0.177 e. The van der Waals surface area contributed by atoms with Crippen LogP contribution in [0.3, 0.4) is 0 Å². The summed E-state index contributed by atoms with van der Waals surface area (Å²) < 4.78 is 7.97. The molecule has 1 aliphatic rings. The molecule has 136 valence electrons. The van der Waals surface area contributed by atoms with Crippen LogP contribution in [0.2, 0.25) is 0 Å². The summed E-state index contributed by atoms with van der Waals surface area (Å²) in [5, 5.41) is 12.4. The number of likely N-dealkylation sites (tertiary alicyclic amines) is 1. The Bertz CT molecular complexity index is 860. The average Bonchev–Trinajstić information content (AvgIpc) is 3.14. The van der Waals surface area contributed by atoms with Gasteiger partial charge in [-0.05, 0) is 61.6 Å². The zero-order valence-electron chi connectivity index (χ0n) is 15.4. The molecule has 0 radical (unpaired) electrons. The number of aromatic nitrogens is 4. The summed E-state index contributed by atoms with van der Waals surface area (Å²) in [6, 6.07) is 12.1. The van der Waals surface area contributed by atoms with Crippen molar-refractivity contribution in [2.75, 3.05) is 13.1 Å². The molecule has 1 aliphatic heterocycles. The molecule has 0 aliphatic carbocycles. The van der Waals surface area contributed by atoms with Crippen molar-refractivity contribution < 1.29 is 4.74 Å². The fraction of sp³-hybridized carbons (Fsp3) is 0.450. The van der Waals surface area contributed by atoms with E-state index >= 15 is 0 Å². The quantitative estimate of drug-likeness (QED) is 0.702. The third kappa shape index (κ3) is 3.55. The number of fused-ring (bicyclic) bond motifs is 1. The minimum atomic E-state index is 0.148. The Morgan fingerprint density at radius 2 is 2.04 bits per heavy atom. The normalized spacial score (nSPS) is 19.5. The fourth-order valence-corrected chi connectivity index (χ4v) is 3.65. The van der Waals surface area contributed by atoms with Crippen molar-refractivity contribution in [2.45, 2.75) is 39.3 Å². The van der Waals surface area contributed by atoms with Gasteiger partial charge in [0.05, 0.1) is 5.69 Å². The van der Waals surface area contributed by atoms with Gasteiger partial charge < -0.3 is 4.74 Å². The van der Waals surface area contributed by atoms with Crippen LogP contribution in [0.5, 0.6) is 5.75 Å². The van der Waals surface area contributed by atoms with E-state index in [-0.39, 0.29) is 6.23 Å². The molecule has 0 saturated carbocycles. The molecular formula is C20H25N5O. The average molecular weight is 351 g/mol. The van der Waals surface area contributed by atoms with E-state index in [0.29, 0.717) is 0 Å². The van der Waals surface area contributed by atoms with Crippen molar-refractivity contribution in [1.29, 1.82) is 0 Å². The number of piperidine rings is 1. The van der Waals surface area contributed by atoms with Crippen LogP contribution in [0.4, 0.5) is 0 Å². The molecule has 1 saturated heterocycles. The molecule has 3 heterocycles. The lowest BCUT2D eigenvalue weighted by Gasteiger charge is -2.36. The van der Waals surface area contributed by atoms with Gasteiger partial charge >= 0.3 is 0 Å². The summed E-state index contributed by atoms with van der Waals surface area (Å²) in [5.74, 6) is 1.66. The lowest BCUT2D eigenvalue weighted by molar-refractivity contribution is -0.00293. The summed E-state index contributed by atoms with van der Waals surface area (Å²) >= 11 is 0. The lowest BCUT2D eigenvalue weighted by Crippen LogP contribution is -2.44. The first-order valence-corrected chi connectivity index (χ1v) is 9.41. The molecule has 2 atom stereocenters. The van der Waals surface area contributed by atoms with E-state index in [1.54, 1.807) is 10.8 Å². The van der Waals surface area contributed by atoms with Crippen LogP contribution in [0.25, 0.3) is 16.9 Å². The van der Waals surface area contributed by atoms with Crippen molar-refractivity contribution in [3.05, 3.63) is 42.7 Å². The van der Waals surface area contributed by atoms with Gasteiger partial charge in [0.25, 0.3) is 0 Å². The van der Waals surface area contributed by atoms with E-state index in [2.05, 4.69) is 46.2 Å². The van der Waals surface area contributed by atoms with E-state index in [4.69, 9.17) is 4.74 Å². The third-order valence-electron chi connectivity index (χ3n) is 5.03. The van der Waals surface area contributed by atoms with E-state index in [0.717, 1.165) is 48.1 Å². The Morgan fingerprint density at radius 1 is 1.19 bits per heavy atom. The Labute approximate surface area is 153 Å². The first-order valence-electron chi connectivity index (χ1n) is 9.41. The van der Waals surface area contributed by atoms with Crippen molar-refractivity contribution in [1.82, 2.24) is 24.7 Å². The largest absolute Gasteiger partial charge is 0.475 e. The van der Waals surface area contributed by atoms with Gasteiger partial charge in [-0.2, -0.15) is 9.61 Å². The van der Waals surface area contributed by atoms with Crippen LogP contribution in [0, 0.1) is 5.92 Å². The maximum atomic E-state index is 6.28. The van der Waals surface area contributed by atoms with Crippen molar-refractivity contribution in [3.63, 3.8) is 0 Å². The summed E-state index contributed by atoms with van der Waals surface area (Å²) in [7, 11) is 0. The second-order valence-electron chi connectivity index (χ2n) is 7.10. The van der Waals surface area contributed by atoms with Crippen LogP contribution in [0.15, 0.2) is 42.7 Å². The van der Waals surface area contributed by atoms with E-state index in [1.165, 1.54) is 12.8 Å². The zero-order valence-corrected chi connectivity index (χ0v) is 15.4. The fourth-order valence-electron chi connectivity index (χ4n) is 3.65. The first-order chi connectivity index (χ1) is 12.7.